The van der Waals surface area contributed by atoms with Gasteiger partial charge in [0.25, 0.3) is 0 Å². The van der Waals surface area contributed by atoms with Crippen molar-refractivity contribution in [3.05, 3.63) is 71.8 Å². The van der Waals surface area contributed by atoms with Crippen LogP contribution in [0.2, 0.25) is 0 Å². The molecule has 0 spiro atoms. The molecule has 2 aromatic rings. The highest BCUT2D eigenvalue weighted by molar-refractivity contribution is 7.99. The Morgan fingerprint density at radius 3 is 1.98 bits per heavy atom. The topological polar surface area (TPSA) is 155 Å². The Kier molecular flexibility index (Phi) is 14.6. The predicted octanol–water partition coefficient (Wildman–Crippen LogP) is 3.00. The maximum Gasteiger partial charge on any atom is 0.386 e. The molecule has 2 heterocycles. The smallest absolute Gasteiger partial charge is 0.386 e. The van der Waals surface area contributed by atoms with Crippen molar-refractivity contribution in [1.29, 1.82) is 0 Å². The first-order valence-corrected chi connectivity index (χ1v) is 16.6. The molecular formula is C32H43ClN2O9S. The second-order valence-corrected chi connectivity index (χ2v) is 12.8. The summed E-state index contributed by atoms with van der Waals surface area (Å²) in [4.78, 5) is 46.8. The number of carbonyl (C=O) groups excluding carboxylic acids is 3. The molecular weight excluding hydrogens is 624 g/mol. The Morgan fingerprint density at radius 1 is 0.978 bits per heavy atom. The van der Waals surface area contributed by atoms with E-state index in [4.69, 9.17) is 16.3 Å². The van der Waals surface area contributed by atoms with Crippen molar-refractivity contribution < 1.29 is 44.2 Å². The Hall–Kier alpha value is -2.71. The van der Waals surface area contributed by atoms with Crippen LogP contribution in [0.1, 0.15) is 53.8 Å². The number of aliphatic hydroxyl groups excluding tert-OH is 3. The van der Waals surface area contributed by atoms with Gasteiger partial charge in [0.15, 0.2) is 0 Å². The lowest BCUT2D eigenvalue weighted by atomic mass is 9.92. The molecule has 2 aromatic carbocycles. The fraction of sp³-hybridized carbons (Fsp3) is 0.531. The lowest BCUT2D eigenvalue weighted by Crippen LogP contribution is -2.65. The van der Waals surface area contributed by atoms with E-state index in [2.05, 4.69) is 22.0 Å². The predicted molar refractivity (Wildman–Crippen MR) is 171 cm³/mol. The van der Waals surface area contributed by atoms with Crippen molar-refractivity contribution in [3.63, 3.8) is 0 Å². The van der Waals surface area contributed by atoms with Gasteiger partial charge in [-0.3, -0.25) is 9.69 Å². The molecule has 2 saturated heterocycles. The Balaban J connectivity index is 0.000000265. The third kappa shape index (κ3) is 10.1. The first kappa shape index (κ1) is 36.8. The van der Waals surface area contributed by atoms with Gasteiger partial charge in [0.2, 0.25) is 5.91 Å². The number of nitrogens with one attached hydrogen (secondary N) is 1. The highest BCUT2D eigenvalue weighted by Gasteiger charge is 2.48. The van der Waals surface area contributed by atoms with Gasteiger partial charge in [0.05, 0.1) is 28.6 Å². The molecule has 2 fully saturated rings. The molecule has 2 unspecified atom stereocenters. The van der Waals surface area contributed by atoms with E-state index < -0.39 is 53.2 Å². The van der Waals surface area contributed by atoms with Gasteiger partial charge >= 0.3 is 11.9 Å². The zero-order valence-electron chi connectivity index (χ0n) is 25.8. The van der Waals surface area contributed by atoms with E-state index in [-0.39, 0.29) is 11.9 Å². The molecule has 0 aromatic heterocycles. The third-order valence-electron chi connectivity index (χ3n) is 7.84. The number of rotatable bonds is 9. The fourth-order valence-corrected chi connectivity index (χ4v) is 6.32. The molecule has 2 aliphatic heterocycles. The van der Waals surface area contributed by atoms with Crippen molar-refractivity contribution in [2.24, 2.45) is 5.92 Å². The van der Waals surface area contributed by atoms with Crippen molar-refractivity contribution >= 4 is 41.2 Å². The second-order valence-electron chi connectivity index (χ2n) is 11.2. The fourth-order valence-electron chi connectivity index (χ4n) is 5.43. The van der Waals surface area contributed by atoms with Gasteiger partial charge in [-0.15, -0.1) is 23.4 Å². The summed E-state index contributed by atoms with van der Waals surface area (Å²) in [7, 11) is 1.94. The van der Waals surface area contributed by atoms with Gasteiger partial charge in [-0.25, -0.2) is 19.4 Å². The monoisotopic (exact) mass is 666 g/mol. The molecule has 2 aliphatic rings. The lowest BCUT2D eigenvalue weighted by Gasteiger charge is -2.44. The van der Waals surface area contributed by atoms with Crippen LogP contribution in [-0.4, -0.2) is 105 Å². The van der Waals surface area contributed by atoms with Crippen molar-refractivity contribution in [2.45, 2.75) is 80.4 Å². The van der Waals surface area contributed by atoms with E-state index >= 15 is 0 Å². The van der Waals surface area contributed by atoms with Crippen LogP contribution in [0.5, 0.6) is 0 Å². The SMILES string of the molecule is CCC[C@@H]1C[C@@H](C(=O)NC(C(C)Cl)[C@H]2O[C@H](SC)[C@H](O)[C@@H](O)[C@@H]2O)N(C)C1.O=C(OOC(=O)c1ccccc1)c1ccccc1. The van der Waals surface area contributed by atoms with E-state index in [0.717, 1.165) is 25.8 Å². The highest BCUT2D eigenvalue weighted by atomic mass is 35.5. The van der Waals surface area contributed by atoms with E-state index in [9.17, 15) is 29.7 Å². The lowest BCUT2D eigenvalue weighted by molar-refractivity contribution is -0.205. The van der Waals surface area contributed by atoms with Crippen molar-refractivity contribution in [2.75, 3.05) is 19.8 Å². The van der Waals surface area contributed by atoms with Crippen molar-refractivity contribution in [3.8, 4) is 0 Å². The minimum Gasteiger partial charge on any atom is -0.388 e. The third-order valence-corrected chi connectivity index (χ3v) is 8.97. The molecule has 11 nitrogen and oxygen atoms in total. The van der Waals surface area contributed by atoms with Gasteiger partial charge < -0.3 is 25.4 Å². The number of halogens is 1. The van der Waals surface area contributed by atoms with E-state index in [1.807, 2.05) is 11.9 Å². The van der Waals surface area contributed by atoms with E-state index in [1.54, 1.807) is 73.8 Å². The Morgan fingerprint density at radius 2 is 1.51 bits per heavy atom. The number of aliphatic hydroxyl groups is 3. The highest BCUT2D eigenvalue weighted by Crippen LogP contribution is 2.31. The molecule has 0 bridgehead atoms. The van der Waals surface area contributed by atoms with Gasteiger partial charge in [-0.1, -0.05) is 49.7 Å². The molecule has 0 saturated carbocycles. The van der Waals surface area contributed by atoms with Crippen LogP contribution in [0, 0.1) is 5.92 Å². The number of carbonyl (C=O) groups is 3. The molecule has 4 rings (SSSR count). The largest absolute Gasteiger partial charge is 0.388 e. The number of nitrogens with zero attached hydrogens (tertiary/aromatic N) is 1. The van der Waals surface area contributed by atoms with Gasteiger partial charge in [-0.05, 0) is 63.3 Å². The standard InChI is InChI=1S/C18H33ClN2O5S.C14H10O4/c1-5-6-10-7-11(21(3)8-10)17(25)20-12(9(2)19)16-14(23)13(22)15(24)18(26-16)27-4;15-13(11-7-3-1-4-8-11)17-18-14(16)12-9-5-2-6-10-12/h9-16,18,22-24H,5-8H2,1-4H3,(H,20,25);1-10H/t9?,10-,11+,12?,13+,14+,15-,16-,18-;/m1./s1. The van der Waals surface area contributed by atoms with Crippen LogP contribution in [0.15, 0.2) is 60.7 Å². The average Bonchev–Trinajstić information content (AvgIpc) is 3.42. The van der Waals surface area contributed by atoms with Crippen LogP contribution in [0.25, 0.3) is 0 Å². The molecule has 4 N–H and O–H groups in total. The van der Waals surface area contributed by atoms with E-state index in [0.29, 0.717) is 17.0 Å². The van der Waals surface area contributed by atoms with Crippen LogP contribution in [0.4, 0.5) is 0 Å². The maximum absolute atomic E-state index is 12.9. The zero-order valence-corrected chi connectivity index (χ0v) is 27.4. The summed E-state index contributed by atoms with van der Waals surface area (Å²) in [5.74, 6) is -1.07. The quantitative estimate of drug-likeness (QED) is 0.177. The number of likely N-dealkylation sites (N-methyl/N-ethyl adjacent to an activating group) is 1. The summed E-state index contributed by atoms with van der Waals surface area (Å²) < 4.78 is 5.79. The maximum atomic E-state index is 12.9. The number of thioether (sulfide) groups is 1. The first-order valence-electron chi connectivity index (χ1n) is 14.9. The van der Waals surface area contributed by atoms with Crippen molar-refractivity contribution in [1.82, 2.24) is 10.2 Å². The molecule has 13 heteroatoms. The van der Waals surface area contributed by atoms with Gasteiger partial charge in [0, 0.05) is 6.54 Å². The van der Waals surface area contributed by atoms with Crippen LogP contribution >= 0.6 is 23.4 Å². The number of hydrogen-bond acceptors (Lipinski definition) is 11. The molecule has 248 valence electrons. The summed E-state index contributed by atoms with van der Waals surface area (Å²) in [5.41, 5.74) is -0.0666. The van der Waals surface area contributed by atoms with E-state index in [1.165, 1.54) is 11.8 Å². The second kappa shape index (κ2) is 17.8. The van der Waals surface area contributed by atoms with Crippen LogP contribution in [-0.2, 0) is 19.3 Å². The minimum atomic E-state index is -1.36. The molecule has 0 radical (unpaired) electrons. The number of hydrogen-bond donors (Lipinski definition) is 4. The minimum absolute atomic E-state index is 0.147. The van der Waals surface area contributed by atoms with Gasteiger partial charge in [0.1, 0.15) is 29.9 Å². The summed E-state index contributed by atoms with van der Waals surface area (Å²) in [5, 5.41) is 33.0. The number of amides is 1. The Bertz CT molecular complexity index is 1170. The number of ether oxygens (including phenoxy) is 1. The van der Waals surface area contributed by atoms with Crippen LogP contribution in [0.3, 0.4) is 0 Å². The first-order chi connectivity index (χ1) is 21.5. The number of likely N-dealkylation sites (tertiary alicyclic amines) is 1. The summed E-state index contributed by atoms with van der Waals surface area (Å²) in [6.45, 7) is 4.74. The summed E-state index contributed by atoms with van der Waals surface area (Å²) in [6, 6.07) is 15.6. The number of benzene rings is 2. The Labute approximate surface area is 273 Å². The molecule has 9 atom stereocenters. The number of alkyl halides is 1. The summed E-state index contributed by atoms with van der Waals surface area (Å²) >= 11 is 7.55. The average molecular weight is 667 g/mol. The molecule has 0 aliphatic carbocycles. The molecule has 1 amide bonds. The van der Waals surface area contributed by atoms with Gasteiger partial charge in [-0.2, -0.15) is 0 Å². The normalized spacial score (nSPS) is 27.8. The summed E-state index contributed by atoms with van der Waals surface area (Å²) in [6.07, 6.45) is -0.0980. The zero-order chi connectivity index (χ0) is 33.1. The van der Waals surface area contributed by atoms with Crippen LogP contribution < -0.4 is 5.32 Å². The molecule has 45 heavy (non-hydrogen) atoms.